The number of hydrogen-bond acceptors (Lipinski definition) is 6. The summed E-state index contributed by atoms with van der Waals surface area (Å²) in [4.78, 5) is 22.2. The van der Waals surface area contributed by atoms with Crippen LogP contribution in [0.25, 0.3) is 0 Å². The number of ether oxygens (including phenoxy) is 4. The summed E-state index contributed by atoms with van der Waals surface area (Å²) in [6, 6.07) is 0. The van der Waals surface area contributed by atoms with Crippen molar-refractivity contribution >= 4 is 11.9 Å². The van der Waals surface area contributed by atoms with Crippen molar-refractivity contribution in [1.82, 2.24) is 0 Å². The smallest absolute Gasteiger partial charge is 0.303 e. The summed E-state index contributed by atoms with van der Waals surface area (Å²) in [5.74, 6) is 1.52. The van der Waals surface area contributed by atoms with Gasteiger partial charge in [-0.3, -0.25) is 9.59 Å². The Bertz CT molecular complexity index is 413. The van der Waals surface area contributed by atoms with Gasteiger partial charge >= 0.3 is 11.9 Å². The van der Waals surface area contributed by atoms with Gasteiger partial charge in [0.05, 0.1) is 0 Å². The van der Waals surface area contributed by atoms with Crippen molar-refractivity contribution in [2.75, 3.05) is 13.2 Å². The van der Waals surface area contributed by atoms with Crippen LogP contribution in [-0.4, -0.2) is 43.7 Å². The van der Waals surface area contributed by atoms with E-state index < -0.39 is 30.4 Å². The highest BCUT2D eigenvalue weighted by Crippen LogP contribution is 2.33. The van der Waals surface area contributed by atoms with Gasteiger partial charge < -0.3 is 18.9 Å². The first-order valence-corrected chi connectivity index (χ1v) is 6.88. The maximum Gasteiger partial charge on any atom is 0.303 e. The van der Waals surface area contributed by atoms with E-state index in [4.69, 9.17) is 25.4 Å². The van der Waals surface area contributed by atoms with Crippen molar-refractivity contribution in [3.8, 4) is 12.3 Å². The second kappa shape index (κ2) is 8.01. The van der Waals surface area contributed by atoms with Gasteiger partial charge in [-0.25, -0.2) is 0 Å². The van der Waals surface area contributed by atoms with Crippen LogP contribution >= 0.6 is 0 Å². The fourth-order valence-corrected chi connectivity index (χ4v) is 2.29. The first-order valence-electron chi connectivity index (χ1n) is 6.88. The molecular formula is C15H22O6. The number of terminal acetylenes is 1. The molecule has 5 atom stereocenters. The maximum atomic E-state index is 11.3. The van der Waals surface area contributed by atoms with Crippen LogP contribution in [-0.2, 0) is 28.5 Å². The lowest BCUT2D eigenvalue weighted by Crippen LogP contribution is -2.53. The minimum atomic E-state index is -0.577. The molecule has 0 radical (unpaired) electrons. The molecule has 0 amide bonds. The van der Waals surface area contributed by atoms with Crippen molar-refractivity contribution in [3.63, 3.8) is 0 Å². The van der Waals surface area contributed by atoms with Crippen LogP contribution < -0.4 is 0 Å². The van der Waals surface area contributed by atoms with Gasteiger partial charge in [0.2, 0.25) is 0 Å². The molecule has 21 heavy (non-hydrogen) atoms. The van der Waals surface area contributed by atoms with E-state index >= 15 is 0 Å². The number of hydrogen-bond donors (Lipinski definition) is 0. The summed E-state index contributed by atoms with van der Waals surface area (Å²) in [5, 5.41) is 0. The van der Waals surface area contributed by atoms with E-state index in [2.05, 4.69) is 5.92 Å². The highest BCUT2D eigenvalue weighted by Gasteiger charge is 2.44. The van der Waals surface area contributed by atoms with Gasteiger partial charge in [-0.2, -0.15) is 0 Å². The Morgan fingerprint density at radius 2 is 1.86 bits per heavy atom. The van der Waals surface area contributed by atoms with Crippen molar-refractivity contribution in [2.24, 2.45) is 11.8 Å². The van der Waals surface area contributed by atoms with E-state index in [1.54, 1.807) is 0 Å². The average molecular weight is 298 g/mol. The zero-order chi connectivity index (χ0) is 16.0. The van der Waals surface area contributed by atoms with Gasteiger partial charge in [0.25, 0.3) is 0 Å². The summed E-state index contributed by atoms with van der Waals surface area (Å²) >= 11 is 0. The normalized spacial score (nSPS) is 32.0. The van der Waals surface area contributed by atoms with E-state index in [1.165, 1.54) is 13.8 Å². The highest BCUT2D eigenvalue weighted by atomic mass is 16.7. The molecule has 118 valence electrons. The molecule has 6 heteroatoms. The van der Waals surface area contributed by atoms with Crippen molar-refractivity contribution in [3.05, 3.63) is 0 Å². The summed E-state index contributed by atoms with van der Waals surface area (Å²) in [6.07, 6.45) is 3.58. The summed E-state index contributed by atoms with van der Waals surface area (Å²) in [7, 11) is 0. The molecule has 0 bridgehead atoms. The molecule has 0 aromatic heterocycles. The molecule has 0 saturated carbocycles. The van der Waals surface area contributed by atoms with Crippen molar-refractivity contribution in [1.29, 1.82) is 0 Å². The van der Waals surface area contributed by atoms with E-state index in [1.807, 2.05) is 13.8 Å². The molecule has 5 unspecified atom stereocenters. The van der Waals surface area contributed by atoms with E-state index in [-0.39, 0.29) is 25.0 Å². The Balaban J connectivity index is 2.82. The monoisotopic (exact) mass is 298 g/mol. The minimum absolute atomic E-state index is 0.000252. The predicted molar refractivity (Wildman–Crippen MR) is 74.0 cm³/mol. The second-order valence-electron chi connectivity index (χ2n) is 5.15. The molecule has 0 N–H and O–H groups in total. The highest BCUT2D eigenvalue weighted by molar-refractivity contribution is 5.66. The summed E-state index contributed by atoms with van der Waals surface area (Å²) in [6.45, 7) is 6.64. The molecule has 0 aromatic carbocycles. The Kier molecular flexibility index (Phi) is 6.66. The Morgan fingerprint density at radius 1 is 1.19 bits per heavy atom. The van der Waals surface area contributed by atoms with Crippen LogP contribution in [0.2, 0.25) is 0 Å². The zero-order valence-electron chi connectivity index (χ0n) is 12.8. The first-order chi connectivity index (χ1) is 9.86. The zero-order valence-corrected chi connectivity index (χ0v) is 12.8. The van der Waals surface area contributed by atoms with Crippen LogP contribution in [0.5, 0.6) is 0 Å². The molecule has 1 fully saturated rings. The summed E-state index contributed by atoms with van der Waals surface area (Å²) < 4.78 is 21.5. The Labute approximate surface area is 125 Å². The SMILES string of the molecule is C#CCOC1OC(COC(C)=O)C(OC(C)=O)C(C)C1C. The van der Waals surface area contributed by atoms with Crippen molar-refractivity contribution in [2.45, 2.75) is 46.2 Å². The molecule has 1 heterocycles. The van der Waals surface area contributed by atoms with Gasteiger partial charge in [-0.05, 0) is 0 Å². The van der Waals surface area contributed by atoms with Gasteiger partial charge in [-0.1, -0.05) is 19.8 Å². The second-order valence-corrected chi connectivity index (χ2v) is 5.15. The van der Waals surface area contributed by atoms with E-state index in [0.717, 1.165) is 0 Å². The van der Waals surface area contributed by atoms with Crippen LogP contribution in [0.3, 0.4) is 0 Å². The number of carbonyl (C=O) groups is 2. The number of rotatable bonds is 5. The molecule has 1 aliphatic heterocycles. The fourth-order valence-electron chi connectivity index (χ4n) is 2.29. The number of carbonyl (C=O) groups excluding carboxylic acids is 2. The van der Waals surface area contributed by atoms with Crippen molar-refractivity contribution < 1.29 is 28.5 Å². The quantitative estimate of drug-likeness (QED) is 0.560. The molecule has 1 saturated heterocycles. The lowest BCUT2D eigenvalue weighted by molar-refractivity contribution is -0.269. The average Bonchev–Trinajstić information content (AvgIpc) is 2.41. The molecule has 0 spiro atoms. The standard InChI is InChI=1S/C15H22O6/c1-6-7-18-15-10(3)9(2)14(20-12(5)17)13(21-15)8-19-11(4)16/h1,9-10,13-15H,7-8H2,2-5H3. The van der Waals surface area contributed by atoms with E-state index in [0.29, 0.717) is 0 Å². The molecule has 0 aromatic rings. The van der Waals surface area contributed by atoms with Crippen LogP contribution in [0, 0.1) is 24.2 Å². The van der Waals surface area contributed by atoms with E-state index in [9.17, 15) is 9.59 Å². The Hall–Kier alpha value is -1.58. The van der Waals surface area contributed by atoms with Crippen LogP contribution in [0.15, 0.2) is 0 Å². The third kappa shape index (κ3) is 5.03. The molecule has 1 aliphatic rings. The third-order valence-electron chi connectivity index (χ3n) is 3.54. The topological polar surface area (TPSA) is 71.1 Å². The van der Waals surface area contributed by atoms with Gasteiger partial charge in [0.1, 0.15) is 25.4 Å². The lowest BCUT2D eigenvalue weighted by Gasteiger charge is -2.43. The van der Waals surface area contributed by atoms with Gasteiger partial charge in [0.15, 0.2) is 6.29 Å². The van der Waals surface area contributed by atoms with Gasteiger partial charge in [-0.15, -0.1) is 6.42 Å². The van der Waals surface area contributed by atoms with Crippen LogP contribution in [0.1, 0.15) is 27.7 Å². The van der Waals surface area contributed by atoms with Gasteiger partial charge in [0, 0.05) is 25.7 Å². The molecule has 1 rings (SSSR count). The molecule has 0 aliphatic carbocycles. The third-order valence-corrected chi connectivity index (χ3v) is 3.54. The Morgan fingerprint density at radius 3 is 2.38 bits per heavy atom. The summed E-state index contributed by atoms with van der Waals surface area (Å²) in [5.41, 5.74) is 0. The van der Waals surface area contributed by atoms with Crippen LogP contribution in [0.4, 0.5) is 0 Å². The molecular weight excluding hydrogens is 276 g/mol. The largest absolute Gasteiger partial charge is 0.463 e. The maximum absolute atomic E-state index is 11.3. The predicted octanol–water partition coefficient (Wildman–Crippen LogP) is 1.13. The number of esters is 2. The molecule has 6 nitrogen and oxygen atoms in total. The first kappa shape index (κ1) is 17.5. The fraction of sp³-hybridized carbons (Fsp3) is 0.733. The minimum Gasteiger partial charge on any atom is -0.463 e. The lowest BCUT2D eigenvalue weighted by atomic mass is 9.84.